The molecule has 1 unspecified atom stereocenters. The first-order valence-electron chi connectivity index (χ1n) is 6.03. The van der Waals surface area contributed by atoms with Gasteiger partial charge in [-0.15, -0.1) is 0 Å². The topological polar surface area (TPSA) is 66.3 Å². The summed E-state index contributed by atoms with van der Waals surface area (Å²) in [5, 5.41) is 8.99. The average molecular weight is 289 g/mol. The van der Waals surface area contributed by atoms with Gasteiger partial charge in [-0.3, -0.25) is 4.79 Å². The number of nitrogens with zero attached hydrogens (tertiary/aromatic N) is 3. The molecule has 1 atom stereocenters. The van der Waals surface area contributed by atoms with Crippen LogP contribution in [0, 0.1) is 19.3 Å². The van der Waals surface area contributed by atoms with Crippen LogP contribution in [0.1, 0.15) is 17.8 Å². The highest BCUT2D eigenvalue weighted by atomic mass is 19.4. The maximum absolute atomic E-state index is 13.1. The smallest absolute Gasteiger partial charge is 0.406 e. The van der Waals surface area contributed by atoms with E-state index in [0.29, 0.717) is 11.4 Å². The van der Waals surface area contributed by atoms with Gasteiger partial charge < -0.3 is 10.0 Å². The number of hydrogen-bond acceptors (Lipinski definition) is 4. The Labute approximate surface area is 113 Å². The van der Waals surface area contributed by atoms with Crippen LogP contribution in [-0.4, -0.2) is 40.3 Å². The van der Waals surface area contributed by atoms with Gasteiger partial charge in [-0.05, 0) is 26.3 Å². The first kappa shape index (κ1) is 14.5. The summed E-state index contributed by atoms with van der Waals surface area (Å²) in [5.41, 5.74) is -1.48. The van der Waals surface area contributed by atoms with E-state index in [0.717, 1.165) is 0 Å². The lowest BCUT2D eigenvalue weighted by atomic mass is 9.86. The number of aromatic nitrogens is 2. The molecule has 8 heteroatoms. The van der Waals surface area contributed by atoms with Crippen molar-refractivity contribution in [3.63, 3.8) is 0 Å². The Kier molecular flexibility index (Phi) is 3.35. The molecule has 1 saturated heterocycles. The number of alkyl halides is 3. The summed E-state index contributed by atoms with van der Waals surface area (Å²) in [6, 6.07) is 1.70. The van der Waals surface area contributed by atoms with E-state index >= 15 is 0 Å². The first-order chi connectivity index (χ1) is 9.15. The normalized spacial score (nSPS) is 23.1. The zero-order valence-corrected chi connectivity index (χ0v) is 11.0. The number of carboxylic acids is 1. The fourth-order valence-corrected chi connectivity index (χ4v) is 2.36. The van der Waals surface area contributed by atoms with Gasteiger partial charge >= 0.3 is 12.1 Å². The van der Waals surface area contributed by atoms with Gasteiger partial charge in [0.15, 0.2) is 5.41 Å². The highest BCUT2D eigenvalue weighted by Crippen LogP contribution is 2.46. The fraction of sp³-hybridized carbons (Fsp3) is 0.583. The molecule has 0 aliphatic carbocycles. The summed E-state index contributed by atoms with van der Waals surface area (Å²) >= 11 is 0. The maximum atomic E-state index is 13.1. The second-order valence-electron chi connectivity index (χ2n) is 5.01. The first-order valence-corrected chi connectivity index (χ1v) is 6.03. The van der Waals surface area contributed by atoms with E-state index in [4.69, 9.17) is 5.11 Å². The minimum absolute atomic E-state index is 0.0330. The van der Waals surface area contributed by atoms with Crippen LogP contribution in [0.3, 0.4) is 0 Å². The second kappa shape index (κ2) is 4.60. The zero-order valence-electron chi connectivity index (χ0n) is 11.0. The van der Waals surface area contributed by atoms with E-state index in [-0.39, 0.29) is 12.5 Å². The van der Waals surface area contributed by atoms with Crippen LogP contribution in [0.4, 0.5) is 19.1 Å². The molecule has 2 heterocycles. The van der Waals surface area contributed by atoms with Crippen LogP contribution < -0.4 is 4.90 Å². The number of aliphatic carboxylic acids is 1. The van der Waals surface area contributed by atoms with Crippen LogP contribution >= 0.6 is 0 Å². The summed E-state index contributed by atoms with van der Waals surface area (Å²) in [6.45, 7) is 2.73. The van der Waals surface area contributed by atoms with E-state index in [1.165, 1.54) is 4.90 Å². The molecule has 0 bridgehead atoms. The van der Waals surface area contributed by atoms with Crippen molar-refractivity contribution in [3.8, 4) is 0 Å². The summed E-state index contributed by atoms with van der Waals surface area (Å²) in [5.74, 6) is -1.70. The fourth-order valence-electron chi connectivity index (χ4n) is 2.36. The molecular formula is C12H14F3N3O2. The molecule has 0 amide bonds. The van der Waals surface area contributed by atoms with E-state index in [1.807, 2.05) is 0 Å². The Morgan fingerprint density at radius 1 is 1.35 bits per heavy atom. The van der Waals surface area contributed by atoms with Crippen molar-refractivity contribution in [2.75, 3.05) is 18.0 Å². The van der Waals surface area contributed by atoms with E-state index < -0.39 is 30.5 Å². The zero-order chi connectivity index (χ0) is 15.1. The quantitative estimate of drug-likeness (QED) is 0.901. The van der Waals surface area contributed by atoms with Crippen LogP contribution in [0.2, 0.25) is 0 Å². The molecule has 0 spiro atoms. The van der Waals surface area contributed by atoms with Crippen LogP contribution in [0.5, 0.6) is 0 Å². The molecule has 1 fully saturated rings. The molecule has 20 heavy (non-hydrogen) atoms. The monoisotopic (exact) mass is 289 g/mol. The summed E-state index contributed by atoms with van der Waals surface area (Å²) in [6.07, 6.45) is -5.30. The third kappa shape index (κ3) is 2.30. The third-order valence-electron chi connectivity index (χ3n) is 3.47. The van der Waals surface area contributed by atoms with Crippen molar-refractivity contribution in [2.45, 2.75) is 26.4 Å². The molecule has 0 saturated carbocycles. The van der Waals surface area contributed by atoms with E-state index in [1.54, 1.807) is 19.9 Å². The van der Waals surface area contributed by atoms with Crippen LogP contribution in [0.15, 0.2) is 6.07 Å². The van der Waals surface area contributed by atoms with Crippen LogP contribution in [0.25, 0.3) is 0 Å². The summed E-state index contributed by atoms with van der Waals surface area (Å²) in [4.78, 5) is 20.5. The lowest BCUT2D eigenvalue weighted by molar-refractivity contribution is -0.225. The molecule has 1 aromatic heterocycles. The van der Waals surface area contributed by atoms with Gasteiger partial charge in [-0.1, -0.05) is 0 Å². The Morgan fingerprint density at radius 3 is 2.30 bits per heavy atom. The summed E-state index contributed by atoms with van der Waals surface area (Å²) < 4.78 is 39.2. The highest BCUT2D eigenvalue weighted by Gasteiger charge is 2.64. The van der Waals surface area contributed by atoms with Gasteiger partial charge in [0.05, 0.1) is 0 Å². The van der Waals surface area contributed by atoms with Crippen molar-refractivity contribution in [1.29, 1.82) is 0 Å². The highest BCUT2D eigenvalue weighted by molar-refractivity contribution is 5.77. The molecule has 1 aliphatic heterocycles. The number of rotatable bonds is 2. The Balaban J connectivity index is 2.33. The number of carboxylic acid groups (broad SMARTS) is 1. The average Bonchev–Trinajstić information content (AvgIpc) is 2.72. The minimum atomic E-state index is -4.80. The molecule has 0 radical (unpaired) electrons. The molecule has 1 N–H and O–H groups in total. The van der Waals surface area contributed by atoms with Crippen molar-refractivity contribution in [1.82, 2.24) is 9.97 Å². The second-order valence-corrected chi connectivity index (χ2v) is 5.01. The van der Waals surface area contributed by atoms with Crippen molar-refractivity contribution >= 4 is 11.9 Å². The Hall–Kier alpha value is -1.86. The van der Waals surface area contributed by atoms with Gasteiger partial charge in [-0.2, -0.15) is 13.2 Å². The van der Waals surface area contributed by atoms with Gasteiger partial charge in [0.1, 0.15) is 0 Å². The number of halogens is 3. The van der Waals surface area contributed by atoms with E-state index in [9.17, 15) is 18.0 Å². The lowest BCUT2D eigenvalue weighted by Crippen LogP contribution is -2.47. The van der Waals surface area contributed by atoms with Gasteiger partial charge in [0.2, 0.25) is 5.95 Å². The minimum Gasteiger partial charge on any atom is -0.481 e. The number of carbonyl (C=O) groups is 1. The molecule has 0 aromatic carbocycles. The number of anilines is 1. The standard InChI is InChI=1S/C12H14F3N3O2/c1-7-5-8(2)17-10(16-7)18-4-3-11(6-18,9(19)20)12(13,14)15/h5H,3-4,6H2,1-2H3,(H,19,20). The van der Waals surface area contributed by atoms with Crippen molar-refractivity contribution in [3.05, 3.63) is 17.5 Å². The van der Waals surface area contributed by atoms with Gasteiger partial charge in [0.25, 0.3) is 0 Å². The Morgan fingerprint density at radius 2 is 1.90 bits per heavy atom. The lowest BCUT2D eigenvalue weighted by Gasteiger charge is -2.27. The van der Waals surface area contributed by atoms with Crippen molar-refractivity contribution in [2.24, 2.45) is 5.41 Å². The molecule has 5 nitrogen and oxygen atoms in total. The number of hydrogen-bond donors (Lipinski definition) is 1. The largest absolute Gasteiger partial charge is 0.481 e. The van der Waals surface area contributed by atoms with Gasteiger partial charge in [-0.25, -0.2) is 9.97 Å². The maximum Gasteiger partial charge on any atom is 0.406 e. The summed E-state index contributed by atoms with van der Waals surface area (Å²) in [7, 11) is 0. The van der Waals surface area contributed by atoms with Gasteiger partial charge in [0, 0.05) is 24.5 Å². The van der Waals surface area contributed by atoms with E-state index in [2.05, 4.69) is 9.97 Å². The van der Waals surface area contributed by atoms with Crippen LogP contribution in [-0.2, 0) is 4.79 Å². The SMILES string of the molecule is Cc1cc(C)nc(N2CCC(C(=O)O)(C(F)(F)F)C2)n1. The molecule has 2 rings (SSSR count). The predicted octanol–water partition coefficient (Wildman–Crippen LogP) is 1.94. The molecular weight excluding hydrogens is 275 g/mol. The van der Waals surface area contributed by atoms with Crippen molar-refractivity contribution < 1.29 is 23.1 Å². The Bertz CT molecular complexity index is 527. The third-order valence-corrected chi connectivity index (χ3v) is 3.47. The predicted molar refractivity (Wildman–Crippen MR) is 64.5 cm³/mol. The molecule has 1 aliphatic rings. The number of aryl methyl sites for hydroxylation is 2. The molecule has 1 aromatic rings. The molecule has 110 valence electrons.